The molecule has 0 aliphatic heterocycles. The third-order valence-corrected chi connectivity index (χ3v) is 4.34. The number of aliphatic imine (C=N–C) groups is 1. The van der Waals surface area contributed by atoms with Gasteiger partial charge < -0.3 is 20.5 Å². The molecule has 0 saturated heterocycles. The van der Waals surface area contributed by atoms with Gasteiger partial charge in [-0.3, -0.25) is 4.99 Å². The molecule has 5 nitrogen and oxygen atoms in total. The number of rotatable bonds is 6. The first kappa shape index (κ1) is 18.9. The SMILES string of the molecule is COc1ccc(NC(N)=NCC2(C(C)C)CC2)cc1OC.I. The van der Waals surface area contributed by atoms with Crippen LogP contribution >= 0.6 is 24.0 Å². The second-order valence-electron chi connectivity index (χ2n) is 5.91. The molecule has 0 radical (unpaired) electrons. The van der Waals surface area contributed by atoms with Crippen molar-refractivity contribution in [3.8, 4) is 11.5 Å². The Balaban J connectivity index is 0.00000242. The van der Waals surface area contributed by atoms with Crippen molar-refractivity contribution in [3.05, 3.63) is 18.2 Å². The van der Waals surface area contributed by atoms with E-state index in [1.165, 1.54) is 12.8 Å². The van der Waals surface area contributed by atoms with E-state index in [1.807, 2.05) is 18.2 Å². The maximum absolute atomic E-state index is 5.97. The van der Waals surface area contributed by atoms with Crippen LogP contribution in [0.3, 0.4) is 0 Å². The van der Waals surface area contributed by atoms with E-state index in [-0.39, 0.29) is 24.0 Å². The molecule has 1 aromatic carbocycles. The second-order valence-corrected chi connectivity index (χ2v) is 5.91. The van der Waals surface area contributed by atoms with Crippen LogP contribution < -0.4 is 20.5 Å². The van der Waals surface area contributed by atoms with Crippen LogP contribution in [0.15, 0.2) is 23.2 Å². The number of methoxy groups -OCH3 is 2. The van der Waals surface area contributed by atoms with Crippen molar-refractivity contribution in [1.82, 2.24) is 0 Å². The molecule has 1 aliphatic carbocycles. The first-order chi connectivity index (χ1) is 10.0. The van der Waals surface area contributed by atoms with Crippen molar-refractivity contribution in [3.63, 3.8) is 0 Å². The highest BCUT2D eigenvalue weighted by atomic mass is 127. The van der Waals surface area contributed by atoms with Crippen LogP contribution in [-0.2, 0) is 0 Å². The highest BCUT2D eigenvalue weighted by Gasteiger charge is 2.45. The fraction of sp³-hybridized carbons (Fsp3) is 0.562. The van der Waals surface area contributed by atoms with E-state index < -0.39 is 0 Å². The lowest BCUT2D eigenvalue weighted by Gasteiger charge is -2.17. The summed E-state index contributed by atoms with van der Waals surface area (Å²) in [6.45, 7) is 5.29. The quantitative estimate of drug-likeness (QED) is 0.421. The van der Waals surface area contributed by atoms with Crippen molar-refractivity contribution in [2.24, 2.45) is 22.1 Å². The number of hydrogen-bond donors (Lipinski definition) is 2. The van der Waals surface area contributed by atoms with Gasteiger partial charge in [0.05, 0.1) is 14.2 Å². The molecule has 0 spiro atoms. The molecule has 0 bridgehead atoms. The fourth-order valence-corrected chi connectivity index (χ4v) is 2.42. The van der Waals surface area contributed by atoms with Crippen molar-refractivity contribution >= 4 is 35.6 Å². The number of hydrogen-bond acceptors (Lipinski definition) is 3. The first-order valence-corrected chi connectivity index (χ1v) is 7.30. The zero-order chi connectivity index (χ0) is 15.5. The number of nitrogens with two attached hydrogens (primary N) is 1. The van der Waals surface area contributed by atoms with Gasteiger partial charge >= 0.3 is 0 Å². The Bertz CT molecular complexity index is 528. The van der Waals surface area contributed by atoms with Gasteiger partial charge in [0.2, 0.25) is 0 Å². The largest absolute Gasteiger partial charge is 0.493 e. The van der Waals surface area contributed by atoms with Gasteiger partial charge in [-0.15, -0.1) is 24.0 Å². The van der Waals surface area contributed by atoms with E-state index >= 15 is 0 Å². The number of nitrogens with one attached hydrogen (secondary N) is 1. The predicted octanol–water partition coefficient (Wildman–Crippen LogP) is 3.48. The summed E-state index contributed by atoms with van der Waals surface area (Å²) < 4.78 is 10.5. The Morgan fingerprint density at radius 1 is 1.27 bits per heavy atom. The molecule has 2 rings (SSSR count). The lowest BCUT2D eigenvalue weighted by molar-refractivity contribution is 0.355. The van der Waals surface area contributed by atoms with Crippen molar-refractivity contribution in [2.45, 2.75) is 26.7 Å². The van der Waals surface area contributed by atoms with Crippen LogP contribution in [0.25, 0.3) is 0 Å². The average Bonchev–Trinajstić information content (AvgIpc) is 3.26. The Labute approximate surface area is 149 Å². The number of anilines is 1. The van der Waals surface area contributed by atoms with E-state index in [9.17, 15) is 0 Å². The number of guanidine groups is 1. The summed E-state index contributed by atoms with van der Waals surface area (Å²) in [5.41, 5.74) is 7.17. The molecule has 0 aromatic heterocycles. The molecule has 1 fully saturated rings. The molecule has 1 saturated carbocycles. The predicted molar refractivity (Wildman–Crippen MR) is 102 cm³/mol. The maximum Gasteiger partial charge on any atom is 0.193 e. The third-order valence-electron chi connectivity index (χ3n) is 4.34. The van der Waals surface area contributed by atoms with Gasteiger partial charge in [0.1, 0.15) is 0 Å². The number of halogens is 1. The van der Waals surface area contributed by atoms with E-state index in [1.54, 1.807) is 14.2 Å². The van der Waals surface area contributed by atoms with E-state index in [4.69, 9.17) is 15.2 Å². The highest BCUT2D eigenvalue weighted by Crippen LogP contribution is 2.51. The van der Waals surface area contributed by atoms with Gasteiger partial charge in [0.15, 0.2) is 17.5 Å². The van der Waals surface area contributed by atoms with Crippen molar-refractivity contribution in [1.29, 1.82) is 0 Å². The van der Waals surface area contributed by atoms with Crippen LogP contribution in [0.1, 0.15) is 26.7 Å². The van der Waals surface area contributed by atoms with Crippen LogP contribution in [0.4, 0.5) is 5.69 Å². The van der Waals surface area contributed by atoms with Gasteiger partial charge in [-0.1, -0.05) is 13.8 Å². The van der Waals surface area contributed by atoms with Crippen LogP contribution in [0.2, 0.25) is 0 Å². The van der Waals surface area contributed by atoms with Crippen molar-refractivity contribution < 1.29 is 9.47 Å². The molecule has 0 amide bonds. The van der Waals surface area contributed by atoms with Gasteiger partial charge in [-0.25, -0.2) is 0 Å². The first-order valence-electron chi connectivity index (χ1n) is 7.30. The molecule has 1 aromatic rings. The van der Waals surface area contributed by atoms with Crippen LogP contribution in [0, 0.1) is 11.3 Å². The maximum atomic E-state index is 5.97. The lowest BCUT2D eigenvalue weighted by Crippen LogP contribution is -2.25. The summed E-state index contributed by atoms with van der Waals surface area (Å²) in [6, 6.07) is 5.57. The minimum atomic E-state index is 0. The van der Waals surface area contributed by atoms with E-state index in [2.05, 4.69) is 24.2 Å². The Morgan fingerprint density at radius 2 is 1.91 bits per heavy atom. The van der Waals surface area contributed by atoms with E-state index in [0.29, 0.717) is 28.8 Å². The molecule has 0 unspecified atom stereocenters. The Kier molecular flexibility index (Phi) is 6.77. The molecule has 6 heteroatoms. The normalized spacial score (nSPS) is 16.0. The number of nitrogens with zero attached hydrogens (tertiary/aromatic N) is 1. The average molecular weight is 419 g/mol. The Morgan fingerprint density at radius 3 is 2.41 bits per heavy atom. The molecular weight excluding hydrogens is 393 g/mol. The standard InChI is InChI=1S/C16H25N3O2.HI/c1-11(2)16(7-8-16)10-18-15(17)19-12-5-6-13(20-3)14(9-12)21-4;/h5-6,9,11H,7-8,10H2,1-4H3,(H3,17,18,19);1H. The van der Waals surface area contributed by atoms with Gasteiger partial charge in [-0.05, 0) is 36.3 Å². The van der Waals surface area contributed by atoms with Crippen LogP contribution in [0.5, 0.6) is 11.5 Å². The molecule has 1 aliphatic rings. The number of ether oxygens (including phenoxy) is 2. The summed E-state index contributed by atoms with van der Waals surface area (Å²) in [6.07, 6.45) is 2.50. The monoisotopic (exact) mass is 419 g/mol. The molecule has 0 heterocycles. The third kappa shape index (κ3) is 4.41. The van der Waals surface area contributed by atoms with Crippen LogP contribution in [-0.4, -0.2) is 26.7 Å². The summed E-state index contributed by atoms with van der Waals surface area (Å²) in [5.74, 6) is 2.44. The molecule has 3 N–H and O–H groups in total. The minimum absolute atomic E-state index is 0. The molecule has 0 atom stereocenters. The van der Waals surface area contributed by atoms with E-state index in [0.717, 1.165) is 12.2 Å². The highest BCUT2D eigenvalue weighted by molar-refractivity contribution is 14.0. The van der Waals surface area contributed by atoms with Gasteiger partial charge in [0.25, 0.3) is 0 Å². The topological polar surface area (TPSA) is 68.9 Å². The zero-order valence-corrected chi connectivity index (χ0v) is 16.0. The fourth-order valence-electron chi connectivity index (χ4n) is 2.42. The molecule has 124 valence electrons. The smallest absolute Gasteiger partial charge is 0.193 e. The second kappa shape index (κ2) is 7.89. The van der Waals surface area contributed by atoms with Gasteiger partial charge in [-0.2, -0.15) is 0 Å². The van der Waals surface area contributed by atoms with Gasteiger partial charge in [0, 0.05) is 18.3 Å². The molecular formula is C16H26IN3O2. The summed E-state index contributed by atoms with van der Waals surface area (Å²) in [7, 11) is 3.22. The zero-order valence-electron chi connectivity index (χ0n) is 13.7. The summed E-state index contributed by atoms with van der Waals surface area (Å²) in [4.78, 5) is 4.48. The lowest BCUT2D eigenvalue weighted by atomic mass is 9.93. The minimum Gasteiger partial charge on any atom is -0.493 e. The number of benzene rings is 1. The molecule has 22 heavy (non-hydrogen) atoms. The van der Waals surface area contributed by atoms with Crippen molar-refractivity contribution in [2.75, 3.05) is 26.1 Å². The summed E-state index contributed by atoms with van der Waals surface area (Å²) in [5, 5.41) is 3.10. The summed E-state index contributed by atoms with van der Waals surface area (Å²) >= 11 is 0. The Hall–Kier alpha value is -1.18.